The SMILES string of the molecule is [B][C@@H](/C=C/[C@H](CC(C)C)NC(=O)OC(C)(C)C)C(=O)N1CCC[C@H]1C(=O)N[C@H](C(=O)NC1CC(C)(C)N(O)C(C)(C)C1)C(C)C. The highest BCUT2D eigenvalue weighted by Gasteiger charge is 2.46. The second kappa shape index (κ2) is 15.3. The normalized spacial score (nSPS) is 22.7. The van der Waals surface area contributed by atoms with Gasteiger partial charge in [-0.3, -0.25) is 14.4 Å². The molecule has 2 saturated heterocycles. The maximum atomic E-state index is 13.5. The summed E-state index contributed by atoms with van der Waals surface area (Å²) in [6, 6.07) is -2.10. The largest absolute Gasteiger partial charge is 0.444 e. The van der Waals surface area contributed by atoms with Gasteiger partial charge in [-0.1, -0.05) is 39.8 Å². The minimum absolute atomic E-state index is 0.178. The molecule has 2 heterocycles. The molecule has 12 heteroatoms. The summed E-state index contributed by atoms with van der Waals surface area (Å²) in [5, 5.41) is 20.8. The van der Waals surface area contributed by atoms with Crippen molar-refractivity contribution in [3.05, 3.63) is 12.2 Å². The molecule has 4 N–H and O–H groups in total. The lowest BCUT2D eigenvalue weighted by Crippen LogP contribution is -2.64. The third-order valence-electron chi connectivity index (χ3n) is 8.33. The van der Waals surface area contributed by atoms with Gasteiger partial charge in [0.05, 0.1) is 13.9 Å². The highest BCUT2D eigenvalue weighted by Crippen LogP contribution is 2.36. The van der Waals surface area contributed by atoms with Gasteiger partial charge in [-0.25, -0.2) is 4.79 Å². The van der Waals surface area contributed by atoms with Crippen molar-refractivity contribution in [1.82, 2.24) is 25.9 Å². The molecule has 0 aromatic rings. The zero-order valence-corrected chi connectivity index (χ0v) is 29.4. The molecule has 0 aromatic heterocycles. The predicted molar refractivity (Wildman–Crippen MR) is 176 cm³/mol. The number of hydroxylamine groups is 2. The third kappa shape index (κ3) is 11.3. The van der Waals surface area contributed by atoms with E-state index >= 15 is 0 Å². The van der Waals surface area contributed by atoms with E-state index in [9.17, 15) is 24.4 Å². The van der Waals surface area contributed by atoms with Gasteiger partial charge < -0.3 is 30.8 Å². The molecular formula is C33H58BN5O6. The van der Waals surface area contributed by atoms with Gasteiger partial charge in [0.1, 0.15) is 17.7 Å². The second-order valence-corrected chi connectivity index (χ2v) is 15.8. The van der Waals surface area contributed by atoms with Crippen molar-refractivity contribution in [1.29, 1.82) is 0 Å². The molecule has 254 valence electrons. The van der Waals surface area contributed by atoms with Gasteiger partial charge in [0.25, 0.3) is 0 Å². The van der Waals surface area contributed by atoms with E-state index in [4.69, 9.17) is 12.6 Å². The van der Waals surface area contributed by atoms with Crippen LogP contribution in [-0.4, -0.2) is 94.2 Å². The summed E-state index contributed by atoms with van der Waals surface area (Å²) < 4.78 is 5.38. The number of carbonyl (C=O) groups excluding carboxylic acids is 4. The van der Waals surface area contributed by atoms with E-state index in [1.807, 2.05) is 55.4 Å². The molecule has 45 heavy (non-hydrogen) atoms. The number of hydrogen-bond donors (Lipinski definition) is 4. The fourth-order valence-electron chi connectivity index (χ4n) is 6.43. The summed E-state index contributed by atoms with van der Waals surface area (Å²) >= 11 is 0. The number of amides is 4. The van der Waals surface area contributed by atoms with Crippen LogP contribution >= 0.6 is 0 Å². The first-order valence-corrected chi connectivity index (χ1v) is 16.4. The summed E-state index contributed by atoms with van der Waals surface area (Å²) in [6.07, 6.45) is 5.55. The first kappa shape index (κ1) is 38.6. The number of alkyl carbamates (subject to hydrolysis) is 1. The topological polar surface area (TPSA) is 140 Å². The molecule has 4 atom stereocenters. The molecule has 0 aromatic carbocycles. The lowest BCUT2D eigenvalue weighted by atomic mass is 9.79. The zero-order valence-electron chi connectivity index (χ0n) is 29.4. The number of nitrogens with zero attached hydrogens (tertiary/aromatic N) is 2. The molecule has 2 aliphatic rings. The molecule has 0 spiro atoms. The Morgan fingerprint density at radius 2 is 1.58 bits per heavy atom. The number of likely N-dealkylation sites (tertiary alicyclic amines) is 1. The van der Waals surface area contributed by atoms with Crippen molar-refractivity contribution in [3.8, 4) is 0 Å². The third-order valence-corrected chi connectivity index (χ3v) is 8.33. The zero-order chi connectivity index (χ0) is 34.5. The van der Waals surface area contributed by atoms with Crippen LogP contribution in [-0.2, 0) is 19.1 Å². The van der Waals surface area contributed by atoms with Gasteiger partial charge in [-0.15, -0.1) is 0 Å². The van der Waals surface area contributed by atoms with Crippen LogP contribution < -0.4 is 16.0 Å². The van der Waals surface area contributed by atoms with Crippen LogP contribution in [0.2, 0.25) is 5.82 Å². The Morgan fingerprint density at radius 1 is 1.00 bits per heavy atom. The van der Waals surface area contributed by atoms with Crippen LogP contribution in [0.15, 0.2) is 12.2 Å². The Labute approximate surface area is 272 Å². The number of carbonyl (C=O) groups is 4. The van der Waals surface area contributed by atoms with Gasteiger partial charge in [0, 0.05) is 29.5 Å². The fourth-order valence-corrected chi connectivity index (χ4v) is 6.43. The Morgan fingerprint density at radius 3 is 2.09 bits per heavy atom. The van der Waals surface area contributed by atoms with E-state index in [0.29, 0.717) is 38.6 Å². The Hall–Kier alpha value is -2.60. The summed E-state index contributed by atoms with van der Waals surface area (Å²) in [7, 11) is 6.29. The van der Waals surface area contributed by atoms with E-state index < -0.39 is 46.6 Å². The summed E-state index contributed by atoms with van der Waals surface area (Å²) in [4.78, 5) is 54.3. The molecule has 4 amide bonds. The quantitative estimate of drug-likeness (QED) is 0.199. The minimum Gasteiger partial charge on any atom is -0.444 e. The maximum Gasteiger partial charge on any atom is 0.408 e. The van der Waals surface area contributed by atoms with Crippen LogP contribution in [0.25, 0.3) is 0 Å². The van der Waals surface area contributed by atoms with E-state index in [1.54, 1.807) is 32.9 Å². The summed E-state index contributed by atoms with van der Waals surface area (Å²) in [6.45, 7) is 21.3. The highest BCUT2D eigenvalue weighted by atomic mass is 16.6. The Kier molecular flexibility index (Phi) is 13.1. The molecule has 2 aliphatic heterocycles. The molecule has 0 saturated carbocycles. The van der Waals surface area contributed by atoms with Crippen molar-refractivity contribution in [2.45, 2.75) is 155 Å². The van der Waals surface area contributed by atoms with Crippen molar-refractivity contribution >= 4 is 31.7 Å². The average Bonchev–Trinajstić information content (AvgIpc) is 3.36. The smallest absolute Gasteiger partial charge is 0.408 e. The van der Waals surface area contributed by atoms with Gasteiger partial charge in [-0.05, 0) is 92.4 Å². The van der Waals surface area contributed by atoms with Crippen LogP contribution in [0.3, 0.4) is 0 Å². The maximum absolute atomic E-state index is 13.5. The van der Waals surface area contributed by atoms with Crippen LogP contribution in [0, 0.1) is 11.8 Å². The van der Waals surface area contributed by atoms with E-state index in [0.717, 1.165) is 0 Å². The van der Waals surface area contributed by atoms with Gasteiger partial charge in [0.15, 0.2) is 0 Å². The predicted octanol–water partition coefficient (Wildman–Crippen LogP) is 4.10. The molecule has 0 unspecified atom stereocenters. The van der Waals surface area contributed by atoms with Crippen molar-refractivity contribution in [3.63, 3.8) is 0 Å². The number of rotatable bonds is 11. The summed E-state index contributed by atoms with van der Waals surface area (Å²) in [5.41, 5.74) is -1.71. The Balaban J connectivity index is 2.08. The first-order valence-electron chi connectivity index (χ1n) is 16.4. The van der Waals surface area contributed by atoms with Crippen LogP contribution in [0.5, 0.6) is 0 Å². The molecule has 2 fully saturated rings. The molecule has 11 nitrogen and oxygen atoms in total. The standard InChI is InChI=1S/C33H58BN5O6/c1-20(2)17-22(36-30(43)45-31(5,6)7)14-15-24(34)29(42)38-16-12-13-25(38)27(40)37-26(21(3)4)28(41)35-23-18-32(8,9)39(44)33(10,11)19-23/h14-15,20-26,44H,12-13,16-19H2,1-11H3,(H,35,41)(H,36,43)(H,37,40)/b15-14+/t22-,24+,25+,26+/m1/s1. The van der Waals surface area contributed by atoms with Crippen molar-refractivity contribution < 1.29 is 29.1 Å². The summed E-state index contributed by atoms with van der Waals surface area (Å²) in [5.74, 6) is -2.01. The molecule has 0 bridgehead atoms. The van der Waals surface area contributed by atoms with Gasteiger partial charge in [0.2, 0.25) is 17.7 Å². The van der Waals surface area contributed by atoms with Crippen molar-refractivity contribution in [2.24, 2.45) is 11.8 Å². The molecule has 2 radical (unpaired) electrons. The highest BCUT2D eigenvalue weighted by molar-refractivity contribution is 6.25. The molecular weight excluding hydrogens is 573 g/mol. The lowest BCUT2D eigenvalue weighted by molar-refractivity contribution is -0.246. The number of hydrogen-bond acceptors (Lipinski definition) is 7. The van der Waals surface area contributed by atoms with E-state index in [2.05, 4.69) is 16.0 Å². The van der Waals surface area contributed by atoms with Crippen molar-refractivity contribution in [2.75, 3.05) is 6.54 Å². The number of ether oxygens (including phenoxy) is 1. The monoisotopic (exact) mass is 631 g/mol. The second-order valence-electron chi connectivity index (χ2n) is 15.8. The van der Waals surface area contributed by atoms with E-state index in [-0.39, 0.29) is 35.7 Å². The van der Waals surface area contributed by atoms with Crippen LogP contribution in [0.1, 0.15) is 108 Å². The first-order chi connectivity index (χ1) is 20.5. The molecule has 2 rings (SSSR count). The van der Waals surface area contributed by atoms with Gasteiger partial charge >= 0.3 is 6.09 Å². The minimum atomic E-state index is -1.01. The lowest BCUT2D eigenvalue weighted by Gasteiger charge is -2.51. The molecule has 0 aliphatic carbocycles. The number of piperidine rings is 1. The Bertz CT molecular complexity index is 1070. The van der Waals surface area contributed by atoms with Gasteiger partial charge in [-0.2, -0.15) is 5.06 Å². The average molecular weight is 632 g/mol. The van der Waals surface area contributed by atoms with Crippen LogP contribution in [0.4, 0.5) is 4.79 Å². The fraction of sp³-hybridized carbons (Fsp3) is 0.818. The van der Waals surface area contributed by atoms with E-state index in [1.165, 1.54) is 9.96 Å². The number of nitrogens with one attached hydrogen (secondary N) is 3.